The number of nitrogens with zero attached hydrogens (tertiary/aromatic N) is 1. The molecule has 0 spiro atoms. The minimum Gasteiger partial charge on any atom is -0.350 e. The predicted molar refractivity (Wildman–Crippen MR) is 86.0 cm³/mol. The van der Waals surface area contributed by atoms with Crippen LogP contribution in [-0.2, 0) is 19.4 Å². The topological polar surface area (TPSA) is 69.8 Å². The molecular formula is C17H22N4O. The normalized spacial score (nSPS) is 13.7. The van der Waals surface area contributed by atoms with Crippen LogP contribution >= 0.6 is 0 Å². The molecule has 0 radical (unpaired) electrons. The number of hydrogen-bond donors (Lipinski definition) is 3. The molecular weight excluding hydrogens is 276 g/mol. The molecule has 0 fully saturated rings. The quantitative estimate of drug-likeness (QED) is 0.804. The summed E-state index contributed by atoms with van der Waals surface area (Å²) in [4.78, 5) is 12.3. The van der Waals surface area contributed by atoms with Gasteiger partial charge in [-0.3, -0.25) is 9.89 Å². The van der Waals surface area contributed by atoms with Gasteiger partial charge < -0.3 is 10.6 Å². The molecule has 5 nitrogen and oxygen atoms in total. The van der Waals surface area contributed by atoms with E-state index in [-0.39, 0.29) is 5.91 Å². The van der Waals surface area contributed by atoms with E-state index in [0.717, 1.165) is 30.6 Å². The first-order valence-electron chi connectivity index (χ1n) is 7.77. The van der Waals surface area contributed by atoms with Crippen molar-refractivity contribution in [3.05, 3.63) is 51.8 Å². The number of fused-ring (bicyclic) bond motifs is 1. The molecule has 0 aliphatic carbocycles. The van der Waals surface area contributed by atoms with Crippen molar-refractivity contribution >= 4 is 5.91 Å². The molecule has 116 valence electrons. The number of aromatic amines is 1. The minimum absolute atomic E-state index is 0.0903. The van der Waals surface area contributed by atoms with Crippen LogP contribution in [-0.4, -0.2) is 29.2 Å². The molecule has 1 amide bonds. The van der Waals surface area contributed by atoms with Crippen LogP contribution in [0.2, 0.25) is 0 Å². The number of rotatable bonds is 4. The zero-order chi connectivity index (χ0) is 15.5. The number of carbonyl (C=O) groups is 1. The second-order valence-electron chi connectivity index (χ2n) is 5.83. The molecule has 0 atom stereocenters. The van der Waals surface area contributed by atoms with Crippen LogP contribution in [0.4, 0.5) is 0 Å². The fourth-order valence-corrected chi connectivity index (χ4v) is 3.04. The van der Waals surface area contributed by atoms with Crippen molar-refractivity contribution in [2.45, 2.75) is 33.2 Å². The van der Waals surface area contributed by atoms with E-state index in [1.54, 1.807) is 0 Å². The molecule has 1 aromatic carbocycles. The van der Waals surface area contributed by atoms with Crippen LogP contribution in [0, 0.1) is 13.8 Å². The van der Waals surface area contributed by atoms with Gasteiger partial charge in [0, 0.05) is 37.3 Å². The number of amides is 1. The lowest BCUT2D eigenvalue weighted by molar-refractivity contribution is 0.0948. The first-order valence-corrected chi connectivity index (χ1v) is 7.77. The fraction of sp³-hybridized carbons (Fsp3) is 0.412. The monoisotopic (exact) mass is 298 g/mol. The molecule has 0 saturated heterocycles. The van der Waals surface area contributed by atoms with E-state index in [0.29, 0.717) is 18.8 Å². The number of H-pyrrole nitrogens is 1. The smallest absolute Gasteiger partial charge is 0.272 e. The van der Waals surface area contributed by atoms with Crippen molar-refractivity contribution in [2.24, 2.45) is 0 Å². The van der Waals surface area contributed by atoms with Gasteiger partial charge in [-0.15, -0.1) is 0 Å². The highest BCUT2D eigenvalue weighted by Crippen LogP contribution is 2.16. The summed E-state index contributed by atoms with van der Waals surface area (Å²) in [5.74, 6) is -0.0903. The molecule has 3 rings (SSSR count). The number of aromatic nitrogens is 2. The van der Waals surface area contributed by atoms with Crippen molar-refractivity contribution in [3.8, 4) is 0 Å². The Kier molecular flexibility index (Phi) is 4.24. The maximum atomic E-state index is 12.3. The summed E-state index contributed by atoms with van der Waals surface area (Å²) in [5, 5.41) is 13.4. The Bertz CT molecular complexity index is 670. The van der Waals surface area contributed by atoms with Gasteiger partial charge in [0.2, 0.25) is 0 Å². The number of carbonyl (C=O) groups excluding carboxylic acids is 1. The van der Waals surface area contributed by atoms with Gasteiger partial charge in [0.25, 0.3) is 5.91 Å². The van der Waals surface area contributed by atoms with Gasteiger partial charge in [0.15, 0.2) is 5.69 Å². The lowest BCUT2D eigenvalue weighted by Crippen LogP contribution is -2.29. The minimum atomic E-state index is -0.0903. The number of benzene rings is 1. The third kappa shape index (κ3) is 2.90. The Morgan fingerprint density at radius 1 is 1.32 bits per heavy atom. The second kappa shape index (κ2) is 6.32. The number of hydrogen-bond acceptors (Lipinski definition) is 3. The Hall–Kier alpha value is -2.14. The van der Waals surface area contributed by atoms with E-state index in [2.05, 4.69) is 52.9 Å². The predicted octanol–water partition coefficient (Wildman–Crippen LogP) is 1.64. The molecule has 1 aliphatic rings. The van der Waals surface area contributed by atoms with Gasteiger partial charge >= 0.3 is 0 Å². The van der Waals surface area contributed by atoms with Crippen molar-refractivity contribution in [1.29, 1.82) is 0 Å². The maximum absolute atomic E-state index is 12.3. The highest BCUT2D eigenvalue weighted by Gasteiger charge is 2.21. The third-order valence-corrected chi connectivity index (χ3v) is 4.33. The molecule has 2 heterocycles. The highest BCUT2D eigenvalue weighted by molar-refractivity contribution is 5.94. The Balaban J connectivity index is 1.62. The van der Waals surface area contributed by atoms with Crippen LogP contribution < -0.4 is 10.6 Å². The van der Waals surface area contributed by atoms with Gasteiger partial charge in [-0.25, -0.2) is 0 Å². The molecule has 0 saturated carbocycles. The average molecular weight is 298 g/mol. The number of aryl methyl sites for hydroxylation is 2. The van der Waals surface area contributed by atoms with Gasteiger partial charge in [0.05, 0.1) is 0 Å². The van der Waals surface area contributed by atoms with Gasteiger partial charge in [-0.1, -0.05) is 18.2 Å². The summed E-state index contributed by atoms with van der Waals surface area (Å²) in [6.07, 6.45) is 1.74. The first-order chi connectivity index (χ1) is 10.7. The molecule has 0 unspecified atom stereocenters. The average Bonchev–Trinajstić information content (AvgIpc) is 2.94. The summed E-state index contributed by atoms with van der Waals surface area (Å²) in [6.45, 7) is 6.49. The number of nitrogens with one attached hydrogen (secondary N) is 3. The zero-order valence-corrected chi connectivity index (χ0v) is 13.1. The van der Waals surface area contributed by atoms with Gasteiger partial charge in [0.1, 0.15) is 0 Å². The summed E-state index contributed by atoms with van der Waals surface area (Å²) < 4.78 is 0. The van der Waals surface area contributed by atoms with E-state index in [1.165, 1.54) is 16.7 Å². The van der Waals surface area contributed by atoms with Crippen LogP contribution in [0.25, 0.3) is 0 Å². The summed E-state index contributed by atoms with van der Waals surface area (Å²) in [5.41, 5.74) is 6.48. The van der Waals surface area contributed by atoms with E-state index < -0.39 is 0 Å². The van der Waals surface area contributed by atoms with Crippen LogP contribution in [0.3, 0.4) is 0 Å². The standard InChI is InChI=1S/C17H22N4O/c1-11-4-3-5-12(2)13(11)6-9-19-17(22)16-14-10-18-8-7-15(14)20-21-16/h3-5,18H,6-10H2,1-2H3,(H,19,22)(H,20,21). The molecule has 1 aliphatic heterocycles. The first kappa shape index (κ1) is 14.8. The molecule has 0 bridgehead atoms. The van der Waals surface area contributed by atoms with Crippen molar-refractivity contribution in [3.63, 3.8) is 0 Å². The van der Waals surface area contributed by atoms with Gasteiger partial charge in [-0.2, -0.15) is 5.10 Å². The maximum Gasteiger partial charge on any atom is 0.272 e. The highest BCUT2D eigenvalue weighted by atomic mass is 16.1. The Morgan fingerprint density at radius 3 is 2.86 bits per heavy atom. The molecule has 3 N–H and O–H groups in total. The van der Waals surface area contributed by atoms with E-state index in [9.17, 15) is 4.79 Å². The Morgan fingerprint density at radius 2 is 2.09 bits per heavy atom. The molecule has 2 aromatic rings. The second-order valence-corrected chi connectivity index (χ2v) is 5.83. The summed E-state index contributed by atoms with van der Waals surface area (Å²) in [7, 11) is 0. The van der Waals surface area contributed by atoms with E-state index in [4.69, 9.17) is 0 Å². The third-order valence-electron chi connectivity index (χ3n) is 4.33. The van der Waals surface area contributed by atoms with Crippen molar-refractivity contribution in [2.75, 3.05) is 13.1 Å². The molecule has 1 aromatic heterocycles. The molecule has 22 heavy (non-hydrogen) atoms. The van der Waals surface area contributed by atoms with Crippen molar-refractivity contribution < 1.29 is 4.79 Å². The van der Waals surface area contributed by atoms with Crippen molar-refractivity contribution in [1.82, 2.24) is 20.8 Å². The molecule has 5 heteroatoms. The van der Waals surface area contributed by atoms with Crippen LogP contribution in [0.1, 0.15) is 38.4 Å². The van der Waals surface area contributed by atoms with E-state index in [1.807, 2.05) is 0 Å². The lowest BCUT2D eigenvalue weighted by Gasteiger charge is -2.13. The van der Waals surface area contributed by atoms with E-state index >= 15 is 0 Å². The summed E-state index contributed by atoms with van der Waals surface area (Å²) >= 11 is 0. The largest absolute Gasteiger partial charge is 0.350 e. The van der Waals surface area contributed by atoms with Gasteiger partial charge in [-0.05, 0) is 37.0 Å². The van der Waals surface area contributed by atoms with Crippen LogP contribution in [0.5, 0.6) is 0 Å². The fourth-order valence-electron chi connectivity index (χ4n) is 3.04. The Labute approximate surface area is 130 Å². The zero-order valence-electron chi connectivity index (χ0n) is 13.1. The SMILES string of the molecule is Cc1cccc(C)c1CCNC(=O)c1n[nH]c2c1CNCC2. The van der Waals surface area contributed by atoms with Crippen LogP contribution in [0.15, 0.2) is 18.2 Å². The lowest BCUT2D eigenvalue weighted by atomic mass is 10.0. The summed E-state index contributed by atoms with van der Waals surface area (Å²) in [6, 6.07) is 6.29.